The molecule has 1 fully saturated rings. The molecule has 0 spiro atoms. The fourth-order valence-corrected chi connectivity index (χ4v) is 3.77. The quantitative estimate of drug-likeness (QED) is 0.516. The third kappa shape index (κ3) is 2.80. The van der Waals surface area contributed by atoms with Gasteiger partial charge in [0.2, 0.25) is 0 Å². The van der Waals surface area contributed by atoms with Gasteiger partial charge in [0, 0.05) is 18.8 Å². The van der Waals surface area contributed by atoms with E-state index in [9.17, 15) is 4.79 Å². The average Bonchev–Trinajstić information content (AvgIpc) is 3.40. The second-order valence-electron chi connectivity index (χ2n) is 7.93. The van der Waals surface area contributed by atoms with E-state index < -0.39 is 0 Å². The molecule has 1 saturated carbocycles. The summed E-state index contributed by atoms with van der Waals surface area (Å²) in [5.74, 6) is 1.40. The van der Waals surface area contributed by atoms with Gasteiger partial charge in [-0.1, -0.05) is 13.8 Å². The first kappa shape index (κ1) is 17.1. The van der Waals surface area contributed by atoms with Gasteiger partial charge in [0.25, 0.3) is 0 Å². The van der Waals surface area contributed by atoms with Gasteiger partial charge in [-0.2, -0.15) is 0 Å². The summed E-state index contributed by atoms with van der Waals surface area (Å²) in [6.45, 7) is 5.62. The van der Waals surface area contributed by atoms with E-state index in [2.05, 4.69) is 33.4 Å². The van der Waals surface area contributed by atoms with Crippen molar-refractivity contribution in [2.75, 3.05) is 0 Å². The second kappa shape index (κ2) is 6.54. The third-order valence-corrected chi connectivity index (χ3v) is 5.40. The number of pyridine rings is 1. The van der Waals surface area contributed by atoms with Crippen molar-refractivity contribution in [3.05, 3.63) is 47.3 Å². The molecular weight excluding hydrogens is 354 g/mol. The summed E-state index contributed by atoms with van der Waals surface area (Å²) in [6.07, 6.45) is 9.94. The third-order valence-electron chi connectivity index (χ3n) is 5.40. The van der Waals surface area contributed by atoms with E-state index in [4.69, 9.17) is 4.98 Å². The fourth-order valence-electron chi connectivity index (χ4n) is 3.77. The molecule has 4 aromatic rings. The molecule has 0 bridgehead atoms. The Morgan fingerprint density at radius 1 is 1.14 bits per heavy atom. The van der Waals surface area contributed by atoms with Gasteiger partial charge in [-0.3, -0.25) is 14.1 Å². The number of fused-ring (bicyclic) bond motifs is 2. The number of aromatic nitrogens is 7. The van der Waals surface area contributed by atoms with Crippen LogP contribution >= 0.6 is 0 Å². The summed E-state index contributed by atoms with van der Waals surface area (Å²) in [5.41, 5.74) is 3.40. The van der Waals surface area contributed by atoms with Gasteiger partial charge >= 0.3 is 5.69 Å². The van der Waals surface area contributed by atoms with Crippen LogP contribution in [-0.2, 0) is 13.1 Å². The predicted octanol–water partition coefficient (Wildman–Crippen LogP) is 2.77. The van der Waals surface area contributed by atoms with Crippen molar-refractivity contribution < 1.29 is 0 Å². The summed E-state index contributed by atoms with van der Waals surface area (Å²) in [7, 11) is 0. The molecule has 0 saturated heterocycles. The topological polar surface area (TPSA) is 83.4 Å². The van der Waals surface area contributed by atoms with E-state index in [1.54, 1.807) is 29.5 Å². The summed E-state index contributed by atoms with van der Waals surface area (Å²) in [5, 5.41) is 0. The second-order valence-corrected chi connectivity index (χ2v) is 7.93. The maximum atomic E-state index is 13.2. The number of rotatable bonds is 6. The van der Waals surface area contributed by atoms with E-state index >= 15 is 0 Å². The lowest BCUT2D eigenvalue weighted by molar-refractivity contribution is 0.505. The van der Waals surface area contributed by atoms with E-state index in [0.717, 1.165) is 53.8 Å². The first-order valence-corrected chi connectivity index (χ1v) is 9.83. The highest BCUT2D eigenvalue weighted by Gasteiger charge is 2.29. The van der Waals surface area contributed by atoms with Crippen molar-refractivity contribution in [1.82, 2.24) is 33.6 Å². The number of nitrogens with zero attached hydrogens (tertiary/aromatic N) is 7. The minimum absolute atomic E-state index is 0.0130. The van der Waals surface area contributed by atoms with Crippen molar-refractivity contribution in [3.8, 4) is 0 Å². The van der Waals surface area contributed by atoms with Gasteiger partial charge < -0.3 is 4.57 Å². The molecule has 4 heterocycles. The Kier molecular flexibility index (Phi) is 3.99. The first-order valence-electron chi connectivity index (χ1n) is 9.83. The van der Waals surface area contributed by atoms with Crippen LogP contribution < -0.4 is 5.69 Å². The smallest absolute Gasteiger partial charge is 0.311 e. The Hall–Kier alpha value is -3.03. The van der Waals surface area contributed by atoms with Crippen LogP contribution in [0.5, 0.6) is 0 Å². The SMILES string of the molecule is CC(C)CCn1c(Cn2c(=O)n(C3CC3)c3ccncc32)nc2cncnc21. The average molecular weight is 377 g/mol. The van der Waals surface area contributed by atoms with Crippen LogP contribution in [0.3, 0.4) is 0 Å². The Balaban J connectivity index is 1.64. The van der Waals surface area contributed by atoms with Crippen LogP contribution in [0.1, 0.15) is 45.0 Å². The Morgan fingerprint density at radius 3 is 2.79 bits per heavy atom. The molecule has 1 aliphatic carbocycles. The molecule has 0 unspecified atom stereocenters. The van der Waals surface area contributed by atoms with Crippen LogP contribution in [0.25, 0.3) is 22.2 Å². The zero-order chi connectivity index (χ0) is 19.3. The molecule has 144 valence electrons. The molecule has 0 aliphatic heterocycles. The van der Waals surface area contributed by atoms with Gasteiger partial charge in [-0.15, -0.1) is 0 Å². The highest BCUT2D eigenvalue weighted by molar-refractivity contribution is 5.75. The highest BCUT2D eigenvalue weighted by Crippen LogP contribution is 2.36. The number of hydrogen-bond donors (Lipinski definition) is 0. The fraction of sp³-hybridized carbons (Fsp3) is 0.450. The Bertz CT molecular complexity index is 1210. The van der Waals surface area contributed by atoms with E-state index in [-0.39, 0.29) is 5.69 Å². The van der Waals surface area contributed by atoms with Crippen molar-refractivity contribution in [2.24, 2.45) is 5.92 Å². The highest BCUT2D eigenvalue weighted by atomic mass is 16.1. The van der Waals surface area contributed by atoms with Crippen LogP contribution in [-0.4, -0.2) is 33.6 Å². The van der Waals surface area contributed by atoms with Gasteiger partial charge in [-0.05, 0) is 31.2 Å². The maximum absolute atomic E-state index is 13.2. The lowest BCUT2D eigenvalue weighted by atomic mass is 10.1. The summed E-state index contributed by atoms with van der Waals surface area (Å²) in [4.78, 5) is 30.7. The molecule has 0 radical (unpaired) electrons. The summed E-state index contributed by atoms with van der Waals surface area (Å²) < 4.78 is 5.83. The first-order chi connectivity index (χ1) is 13.6. The normalized spacial score (nSPS) is 14.5. The minimum atomic E-state index is 0.0130. The maximum Gasteiger partial charge on any atom is 0.329 e. The zero-order valence-electron chi connectivity index (χ0n) is 16.1. The number of imidazole rings is 2. The molecule has 28 heavy (non-hydrogen) atoms. The van der Waals surface area contributed by atoms with Crippen molar-refractivity contribution in [1.29, 1.82) is 0 Å². The molecular formula is C20H23N7O. The summed E-state index contributed by atoms with van der Waals surface area (Å²) >= 11 is 0. The molecule has 1 aliphatic rings. The van der Waals surface area contributed by atoms with Crippen LogP contribution in [0.4, 0.5) is 0 Å². The molecule has 4 aromatic heterocycles. The molecule has 0 amide bonds. The monoisotopic (exact) mass is 377 g/mol. The van der Waals surface area contributed by atoms with Gasteiger partial charge in [0.15, 0.2) is 5.65 Å². The molecule has 8 heteroatoms. The van der Waals surface area contributed by atoms with E-state index in [1.165, 1.54) is 0 Å². The Morgan fingerprint density at radius 2 is 2.00 bits per heavy atom. The molecule has 0 atom stereocenters. The van der Waals surface area contributed by atoms with E-state index in [0.29, 0.717) is 18.5 Å². The van der Waals surface area contributed by atoms with Crippen LogP contribution in [0.2, 0.25) is 0 Å². The standard InChI is InChI=1S/C20H23N7O/c1-13(2)6-8-25-18(24-15-9-22-12-23-19(15)25)11-26-17-10-21-7-5-16(17)27(20(26)28)14-3-4-14/h5,7,9-10,12-14H,3-4,6,8,11H2,1-2H3. The number of hydrogen-bond acceptors (Lipinski definition) is 5. The lowest BCUT2D eigenvalue weighted by Crippen LogP contribution is -2.25. The van der Waals surface area contributed by atoms with Gasteiger partial charge in [-0.25, -0.2) is 19.7 Å². The van der Waals surface area contributed by atoms with Crippen LogP contribution in [0.15, 0.2) is 35.8 Å². The molecule has 0 aromatic carbocycles. The minimum Gasteiger partial charge on any atom is -0.311 e. The summed E-state index contributed by atoms with van der Waals surface area (Å²) in [6, 6.07) is 2.24. The number of aryl methyl sites for hydroxylation is 1. The largest absolute Gasteiger partial charge is 0.329 e. The van der Waals surface area contributed by atoms with Crippen LogP contribution in [0, 0.1) is 5.92 Å². The molecule has 0 N–H and O–H groups in total. The van der Waals surface area contributed by atoms with Gasteiger partial charge in [0.1, 0.15) is 17.7 Å². The predicted molar refractivity (Wildman–Crippen MR) is 106 cm³/mol. The van der Waals surface area contributed by atoms with Crippen molar-refractivity contribution >= 4 is 22.2 Å². The zero-order valence-corrected chi connectivity index (χ0v) is 16.1. The molecule has 5 rings (SSSR count). The molecule has 8 nitrogen and oxygen atoms in total. The lowest BCUT2D eigenvalue weighted by Gasteiger charge is -2.11. The van der Waals surface area contributed by atoms with E-state index in [1.807, 2.05) is 10.6 Å². The van der Waals surface area contributed by atoms with Crippen molar-refractivity contribution in [3.63, 3.8) is 0 Å². The van der Waals surface area contributed by atoms with Crippen molar-refractivity contribution in [2.45, 2.75) is 52.2 Å². The Labute approximate surface area is 161 Å². The van der Waals surface area contributed by atoms with Gasteiger partial charge in [0.05, 0.1) is 30.0 Å².